The van der Waals surface area contributed by atoms with Gasteiger partial charge in [0.05, 0.1) is 30.8 Å². The van der Waals surface area contributed by atoms with Crippen molar-refractivity contribution < 1.29 is 4.74 Å². The van der Waals surface area contributed by atoms with E-state index >= 15 is 0 Å². The molecule has 2 aliphatic heterocycles. The number of morpholine rings is 1. The molecule has 0 saturated carbocycles. The fourth-order valence-corrected chi connectivity index (χ4v) is 5.29. The summed E-state index contributed by atoms with van der Waals surface area (Å²) in [5, 5.41) is 4.55. The molecule has 1 aromatic carbocycles. The van der Waals surface area contributed by atoms with Gasteiger partial charge < -0.3 is 25.7 Å². The zero-order valence-electron chi connectivity index (χ0n) is 21.1. The number of nitrogens with one attached hydrogen (secondary N) is 2. The van der Waals surface area contributed by atoms with Gasteiger partial charge in [-0.25, -0.2) is 9.97 Å². The SMILES string of the molecule is N[C@@H]1CCCN(Cc2ccnc(CNc3ccc(-c4cc5c(N6CCOCC6)ncnc5[nH]4)cc3)c2)C1. The minimum absolute atomic E-state index is 0.295. The van der Waals surface area contributed by atoms with Gasteiger partial charge in [-0.15, -0.1) is 0 Å². The van der Waals surface area contributed by atoms with Crippen molar-refractivity contribution in [3.05, 3.63) is 66.2 Å². The summed E-state index contributed by atoms with van der Waals surface area (Å²) in [7, 11) is 0. The molecule has 9 heteroatoms. The standard InChI is InChI=1S/C28H34N8O/c29-22-2-1-9-35(18-22)17-20-7-8-30-24(14-20)16-31-23-5-3-21(4-6-23)26-15-25-27(34-26)32-19-33-28(25)36-10-12-37-13-11-36/h3-8,14-15,19,22,31H,1-2,9-13,16-18,29H2,(H,32,33,34)/t22-/m1/s1. The first-order chi connectivity index (χ1) is 18.2. The molecule has 4 N–H and O–H groups in total. The van der Waals surface area contributed by atoms with E-state index in [1.54, 1.807) is 6.33 Å². The molecule has 9 nitrogen and oxygen atoms in total. The van der Waals surface area contributed by atoms with Gasteiger partial charge in [0.1, 0.15) is 17.8 Å². The number of benzene rings is 1. The number of anilines is 2. The number of aromatic amines is 1. The van der Waals surface area contributed by atoms with Gasteiger partial charge >= 0.3 is 0 Å². The summed E-state index contributed by atoms with van der Waals surface area (Å²) in [6.45, 7) is 6.84. The molecule has 4 aromatic rings. The number of ether oxygens (including phenoxy) is 1. The van der Waals surface area contributed by atoms with Crippen LogP contribution in [0.4, 0.5) is 11.5 Å². The van der Waals surface area contributed by atoms with Gasteiger partial charge in [-0.1, -0.05) is 12.1 Å². The third-order valence-corrected chi connectivity index (χ3v) is 7.21. The van der Waals surface area contributed by atoms with Crippen molar-refractivity contribution in [1.29, 1.82) is 0 Å². The topological polar surface area (TPSA) is 108 Å². The Labute approximate surface area is 217 Å². The van der Waals surface area contributed by atoms with E-state index in [0.717, 1.165) is 91.8 Å². The van der Waals surface area contributed by atoms with Crippen LogP contribution in [-0.4, -0.2) is 70.3 Å². The fraction of sp³-hybridized carbons (Fsp3) is 0.393. The second kappa shape index (κ2) is 10.8. The summed E-state index contributed by atoms with van der Waals surface area (Å²) < 4.78 is 5.50. The molecule has 0 aliphatic carbocycles. The molecule has 2 fully saturated rings. The zero-order chi connectivity index (χ0) is 25.0. The summed E-state index contributed by atoms with van der Waals surface area (Å²) in [4.78, 5) is 21.8. The number of nitrogens with two attached hydrogens (primary N) is 1. The van der Waals surface area contributed by atoms with E-state index in [-0.39, 0.29) is 0 Å². The van der Waals surface area contributed by atoms with Crippen LogP contribution >= 0.6 is 0 Å². The van der Waals surface area contributed by atoms with E-state index in [1.807, 2.05) is 6.20 Å². The number of rotatable bonds is 7. The molecule has 37 heavy (non-hydrogen) atoms. The summed E-state index contributed by atoms with van der Waals surface area (Å²) in [5.74, 6) is 0.965. The second-order valence-corrected chi connectivity index (χ2v) is 9.97. The first-order valence-corrected chi connectivity index (χ1v) is 13.1. The molecule has 0 unspecified atom stereocenters. The number of likely N-dealkylation sites (tertiary alicyclic amines) is 1. The quantitative estimate of drug-likeness (QED) is 0.356. The number of piperidine rings is 1. The average molecular weight is 499 g/mol. The predicted molar refractivity (Wildman–Crippen MR) is 146 cm³/mol. The van der Waals surface area contributed by atoms with Gasteiger partial charge in [-0.05, 0) is 60.8 Å². The maximum Gasteiger partial charge on any atom is 0.143 e. The van der Waals surface area contributed by atoms with Gasteiger partial charge in [0, 0.05) is 49.8 Å². The van der Waals surface area contributed by atoms with Crippen LogP contribution in [0.5, 0.6) is 0 Å². The maximum absolute atomic E-state index is 6.15. The number of H-pyrrole nitrogens is 1. The van der Waals surface area contributed by atoms with Gasteiger partial charge in [-0.3, -0.25) is 9.88 Å². The van der Waals surface area contributed by atoms with E-state index in [2.05, 4.69) is 77.5 Å². The largest absolute Gasteiger partial charge is 0.379 e. The normalized spacial score (nSPS) is 18.8. The van der Waals surface area contributed by atoms with Crippen LogP contribution in [-0.2, 0) is 17.8 Å². The van der Waals surface area contributed by atoms with Crippen molar-refractivity contribution in [3.63, 3.8) is 0 Å². The predicted octanol–water partition coefficient (Wildman–Crippen LogP) is 3.39. The van der Waals surface area contributed by atoms with Crippen molar-refractivity contribution in [2.45, 2.75) is 32.0 Å². The highest BCUT2D eigenvalue weighted by molar-refractivity contribution is 5.92. The molecule has 6 rings (SSSR count). The Morgan fingerprint density at radius 1 is 1.03 bits per heavy atom. The van der Waals surface area contributed by atoms with Gasteiger partial charge in [0.2, 0.25) is 0 Å². The minimum Gasteiger partial charge on any atom is -0.379 e. The Kier molecular flexibility index (Phi) is 6.98. The molecule has 0 spiro atoms. The molecule has 2 saturated heterocycles. The number of pyridine rings is 1. The molecule has 0 radical (unpaired) electrons. The van der Waals surface area contributed by atoms with Crippen molar-refractivity contribution in [2.75, 3.05) is 49.6 Å². The number of nitrogens with zero attached hydrogens (tertiary/aromatic N) is 5. The summed E-state index contributed by atoms with van der Waals surface area (Å²) in [5.41, 5.74) is 12.5. The van der Waals surface area contributed by atoms with Crippen LogP contribution in [0.25, 0.3) is 22.3 Å². The van der Waals surface area contributed by atoms with E-state index in [1.165, 1.54) is 12.0 Å². The lowest BCUT2D eigenvalue weighted by molar-refractivity contribution is 0.122. The maximum atomic E-state index is 6.15. The molecule has 2 aliphatic rings. The first-order valence-electron chi connectivity index (χ1n) is 13.1. The average Bonchev–Trinajstić information content (AvgIpc) is 3.38. The monoisotopic (exact) mass is 498 g/mol. The van der Waals surface area contributed by atoms with E-state index in [4.69, 9.17) is 10.5 Å². The smallest absolute Gasteiger partial charge is 0.143 e. The van der Waals surface area contributed by atoms with Crippen LogP contribution in [0.2, 0.25) is 0 Å². The lowest BCUT2D eigenvalue weighted by atomic mass is 10.1. The Hall–Kier alpha value is -3.53. The van der Waals surface area contributed by atoms with Crippen LogP contribution in [0.3, 0.4) is 0 Å². The lowest BCUT2D eigenvalue weighted by Gasteiger charge is -2.30. The highest BCUT2D eigenvalue weighted by Gasteiger charge is 2.18. The van der Waals surface area contributed by atoms with Gasteiger partial charge in [0.25, 0.3) is 0 Å². The van der Waals surface area contributed by atoms with Crippen molar-refractivity contribution in [1.82, 2.24) is 24.8 Å². The Morgan fingerprint density at radius 3 is 2.73 bits per heavy atom. The number of hydrogen-bond donors (Lipinski definition) is 3. The molecule has 192 valence electrons. The van der Waals surface area contributed by atoms with Crippen molar-refractivity contribution in [2.24, 2.45) is 5.73 Å². The molecule has 0 amide bonds. The van der Waals surface area contributed by atoms with Gasteiger partial charge in [0.15, 0.2) is 0 Å². The molecule has 3 aromatic heterocycles. The third kappa shape index (κ3) is 5.58. The van der Waals surface area contributed by atoms with Gasteiger partial charge in [-0.2, -0.15) is 0 Å². The Morgan fingerprint density at radius 2 is 1.89 bits per heavy atom. The van der Waals surface area contributed by atoms with Crippen LogP contribution in [0.15, 0.2) is 55.0 Å². The second-order valence-electron chi connectivity index (χ2n) is 9.97. The van der Waals surface area contributed by atoms with E-state index in [0.29, 0.717) is 12.6 Å². The molecule has 0 bridgehead atoms. The van der Waals surface area contributed by atoms with Crippen LogP contribution in [0.1, 0.15) is 24.1 Å². The van der Waals surface area contributed by atoms with Crippen LogP contribution < -0.4 is 16.0 Å². The highest BCUT2D eigenvalue weighted by Crippen LogP contribution is 2.29. The molecular formula is C28H34N8O. The van der Waals surface area contributed by atoms with Crippen molar-refractivity contribution >= 4 is 22.5 Å². The molecule has 1 atom stereocenters. The molecular weight excluding hydrogens is 464 g/mol. The molecule has 5 heterocycles. The minimum atomic E-state index is 0.295. The number of fused-ring (bicyclic) bond motifs is 1. The number of aromatic nitrogens is 4. The zero-order valence-corrected chi connectivity index (χ0v) is 21.1. The van der Waals surface area contributed by atoms with Crippen LogP contribution in [0, 0.1) is 0 Å². The van der Waals surface area contributed by atoms with Crippen molar-refractivity contribution in [3.8, 4) is 11.3 Å². The summed E-state index contributed by atoms with van der Waals surface area (Å²) in [6.07, 6.45) is 5.84. The highest BCUT2D eigenvalue weighted by atomic mass is 16.5. The Bertz CT molecular complexity index is 1330. The van der Waals surface area contributed by atoms with E-state index in [9.17, 15) is 0 Å². The fourth-order valence-electron chi connectivity index (χ4n) is 5.29. The first kappa shape index (κ1) is 23.8. The van der Waals surface area contributed by atoms with E-state index < -0.39 is 0 Å². The summed E-state index contributed by atoms with van der Waals surface area (Å²) >= 11 is 0. The number of hydrogen-bond acceptors (Lipinski definition) is 8. The summed E-state index contributed by atoms with van der Waals surface area (Å²) in [6, 6.07) is 15.2. The lowest BCUT2D eigenvalue weighted by Crippen LogP contribution is -2.42. The Balaban J connectivity index is 1.11. The third-order valence-electron chi connectivity index (χ3n) is 7.21.